The van der Waals surface area contributed by atoms with Gasteiger partial charge in [-0.15, -0.1) is 11.8 Å². The number of para-hydroxylation sites is 1. The highest BCUT2D eigenvalue weighted by Crippen LogP contribution is 2.24. The molecule has 0 radical (unpaired) electrons. The normalized spacial score (nSPS) is 17.9. The van der Waals surface area contributed by atoms with Gasteiger partial charge in [0.05, 0.1) is 18.8 Å². The molecule has 0 saturated heterocycles. The summed E-state index contributed by atoms with van der Waals surface area (Å²) >= 11 is 1.71. The van der Waals surface area contributed by atoms with Crippen LogP contribution in [0.4, 0.5) is 5.69 Å². The van der Waals surface area contributed by atoms with Gasteiger partial charge in [0.15, 0.2) is 0 Å². The number of anilines is 1. The lowest BCUT2D eigenvalue weighted by atomic mass is 9.98. The minimum Gasteiger partial charge on any atom is -0.389 e. The Hall–Kier alpha value is -0.710. The molecule has 1 aromatic rings. The maximum atomic E-state index is 10.0. The molecule has 1 fully saturated rings. The van der Waals surface area contributed by atoms with Gasteiger partial charge in [0.2, 0.25) is 0 Å². The van der Waals surface area contributed by atoms with Crippen molar-refractivity contribution in [2.24, 2.45) is 0 Å². The average Bonchev–Trinajstić information content (AvgIpc) is 2.52. The molecule has 4 heteroatoms. The Morgan fingerprint density at radius 3 is 2.80 bits per heavy atom. The van der Waals surface area contributed by atoms with Crippen LogP contribution >= 0.6 is 11.8 Å². The van der Waals surface area contributed by atoms with Gasteiger partial charge in [-0.25, -0.2) is 0 Å². The van der Waals surface area contributed by atoms with E-state index in [2.05, 4.69) is 17.6 Å². The number of aliphatic hydroxyl groups excluding tert-OH is 1. The van der Waals surface area contributed by atoms with Crippen LogP contribution in [0.25, 0.3) is 0 Å². The van der Waals surface area contributed by atoms with Crippen molar-refractivity contribution < 1.29 is 9.84 Å². The summed E-state index contributed by atoms with van der Waals surface area (Å²) in [5.41, 5.74) is 1.08. The van der Waals surface area contributed by atoms with Crippen molar-refractivity contribution in [2.75, 3.05) is 24.7 Å². The highest BCUT2D eigenvalue weighted by Gasteiger charge is 2.15. The summed E-state index contributed by atoms with van der Waals surface area (Å²) in [6.45, 7) is 0.962. The fourth-order valence-corrected chi connectivity index (χ4v) is 3.13. The first-order valence-electron chi connectivity index (χ1n) is 7.46. The molecule has 0 aromatic heterocycles. The molecule has 0 heterocycles. The molecule has 1 saturated carbocycles. The molecule has 1 aromatic carbocycles. The molecule has 0 aliphatic heterocycles. The van der Waals surface area contributed by atoms with E-state index >= 15 is 0 Å². The number of thioether (sulfide) groups is 1. The van der Waals surface area contributed by atoms with Crippen molar-refractivity contribution >= 4 is 17.4 Å². The van der Waals surface area contributed by atoms with Crippen LogP contribution in [0, 0.1) is 0 Å². The van der Waals surface area contributed by atoms with E-state index in [0.29, 0.717) is 19.3 Å². The lowest BCUT2D eigenvalue weighted by Gasteiger charge is -2.23. The highest BCUT2D eigenvalue weighted by atomic mass is 32.2. The Balaban J connectivity index is 1.70. The van der Waals surface area contributed by atoms with Crippen molar-refractivity contribution in [2.45, 2.75) is 49.2 Å². The summed E-state index contributed by atoms with van der Waals surface area (Å²) in [4.78, 5) is 1.20. The zero-order valence-corrected chi connectivity index (χ0v) is 13.0. The quantitative estimate of drug-likeness (QED) is 0.755. The summed E-state index contributed by atoms with van der Waals surface area (Å²) in [5.74, 6) is 0. The van der Waals surface area contributed by atoms with Gasteiger partial charge in [0.25, 0.3) is 0 Å². The monoisotopic (exact) mass is 295 g/mol. The Morgan fingerprint density at radius 2 is 2.05 bits per heavy atom. The molecule has 2 rings (SSSR count). The Labute approximate surface area is 126 Å². The van der Waals surface area contributed by atoms with Crippen LogP contribution in [0.3, 0.4) is 0 Å². The number of hydrogen-bond acceptors (Lipinski definition) is 4. The Kier molecular flexibility index (Phi) is 6.70. The van der Waals surface area contributed by atoms with Gasteiger partial charge in [-0.2, -0.15) is 0 Å². The third-order valence-electron chi connectivity index (χ3n) is 3.71. The van der Waals surface area contributed by atoms with Gasteiger partial charge < -0.3 is 15.2 Å². The SMILES string of the molecule is CSc1ccccc1NCC(O)COC1CCCCC1. The average molecular weight is 295 g/mol. The predicted molar refractivity (Wildman–Crippen MR) is 85.5 cm³/mol. The van der Waals surface area contributed by atoms with Crippen LogP contribution in [0.1, 0.15) is 32.1 Å². The van der Waals surface area contributed by atoms with Gasteiger partial charge in [0.1, 0.15) is 0 Å². The maximum Gasteiger partial charge on any atom is 0.0945 e. The van der Waals surface area contributed by atoms with Gasteiger partial charge in [0, 0.05) is 17.1 Å². The maximum absolute atomic E-state index is 10.0. The van der Waals surface area contributed by atoms with Crippen LogP contribution in [0.2, 0.25) is 0 Å². The minimum absolute atomic E-state index is 0.358. The van der Waals surface area contributed by atoms with Crippen LogP contribution in [0.15, 0.2) is 29.2 Å². The van der Waals surface area contributed by atoms with E-state index in [0.717, 1.165) is 18.5 Å². The third kappa shape index (κ3) is 5.00. The van der Waals surface area contributed by atoms with Gasteiger partial charge in [-0.05, 0) is 31.2 Å². The first-order chi connectivity index (χ1) is 9.79. The lowest BCUT2D eigenvalue weighted by molar-refractivity contribution is -0.0195. The molecule has 20 heavy (non-hydrogen) atoms. The van der Waals surface area contributed by atoms with Gasteiger partial charge in [-0.3, -0.25) is 0 Å². The van der Waals surface area contributed by atoms with Crippen LogP contribution < -0.4 is 5.32 Å². The summed E-state index contributed by atoms with van der Waals surface area (Å²) in [7, 11) is 0. The molecular formula is C16H25NO2S. The molecule has 2 N–H and O–H groups in total. The molecule has 0 amide bonds. The number of ether oxygens (including phenoxy) is 1. The molecule has 0 bridgehead atoms. The van der Waals surface area contributed by atoms with E-state index in [1.54, 1.807) is 11.8 Å². The second-order valence-electron chi connectivity index (χ2n) is 5.33. The molecule has 1 atom stereocenters. The first kappa shape index (κ1) is 15.7. The standard InChI is InChI=1S/C16H25NO2S/c1-20-16-10-6-5-9-15(16)17-11-13(18)12-19-14-7-3-2-4-8-14/h5-6,9-10,13-14,17-18H,2-4,7-8,11-12H2,1H3. The van der Waals surface area contributed by atoms with E-state index in [4.69, 9.17) is 4.74 Å². The molecule has 1 aliphatic rings. The Bertz CT molecular complexity index is 394. The topological polar surface area (TPSA) is 41.5 Å². The van der Waals surface area contributed by atoms with Crippen molar-refractivity contribution in [3.05, 3.63) is 24.3 Å². The summed E-state index contributed by atoms with van der Waals surface area (Å²) in [6, 6.07) is 8.16. The summed E-state index contributed by atoms with van der Waals surface area (Å²) in [6.07, 6.45) is 8.12. The van der Waals surface area contributed by atoms with E-state index in [9.17, 15) is 5.11 Å². The van der Waals surface area contributed by atoms with Crippen molar-refractivity contribution in [3.63, 3.8) is 0 Å². The first-order valence-corrected chi connectivity index (χ1v) is 8.68. The minimum atomic E-state index is -0.452. The summed E-state index contributed by atoms with van der Waals surface area (Å²) < 4.78 is 5.79. The zero-order chi connectivity index (χ0) is 14.2. The van der Waals surface area contributed by atoms with Crippen LogP contribution in [-0.4, -0.2) is 36.7 Å². The second kappa shape index (κ2) is 8.55. The van der Waals surface area contributed by atoms with E-state index < -0.39 is 6.10 Å². The number of aliphatic hydroxyl groups is 1. The lowest BCUT2D eigenvalue weighted by Crippen LogP contribution is -2.28. The van der Waals surface area contributed by atoms with E-state index in [1.165, 1.54) is 24.2 Å². The predicted octanol–water partition coefficient (Wildman–Crippen LogP) is 3.53. The molecule has 3 nitrogen and oxygen atoms in total. The van der Waals surface area contributed by atoms with E-state index in [-0.39, 0.29) is 0 Å². The van der Waals surface area contributed by atoms with Crippen molar-refractivity contribution in [3.8, 4) is 0 Å². The largest absolute Gasteiger partial charge is 0.389 e. The smallest absolute Gasteiger partial charge is 0.0945 e. The second-order valence-corrected chi connectivity index (χ2v) is 6.18. The fourth-order valence-electron chi connectivity index (χ4n) is 2.56. The zero-order valence-electron chi connectivity index (χ0n) is 12.2. The number of hydrogen-bond donors (Lipinski definition) is 2. The molecule has 0 spiro atoms. The number of benzene rings is 1. The number of nitrogens with one attached hydrogen (secondary N) is 1. The fraction of sp³-hybridized carbons (Fsp3) is 0.625. The number of rotatable bonds is 7. The van der Waals surface area contributed by atoms with Crippen LogP contribution in [0.5, 0.6) is 0 Å². The van der Waals surface area contributed by atoms with E-state index in [1.807, 2.05) is 18.2 Å². The Morgan fingerprint density at radius 1 is 1.30 bits per heavy atom. The van der Waals surface area contributed by atoms with Crippen molar-refractivity contribution in [1.82, 2.24) is 0 Å². The van der Waals surface area contributed by atoms with Crippen molar-refractivity contribution in [1.29, 1.82) is 0 Å². The third-order valence-corrected chi connectivity index (χ3v) is 4.51. The summed E-state index contributed by atoms with van der Waals surface area (Å²) in [5, 5.41) is 13.3. The molecule has 112 valence electrons. The highest BCUT2D eigenvalue weighted by molar-refractivity contribution is 7.98. The molecule has 1 aliphatic carbocycles. The molecule has 1 unspecified atom stereocenters. The van der Waals surface area contributed by atoms with Crippen LogP contribution in [-0.2, 0) is 4.74 Å². The van der Waals surface area contributed by atoms with Gasteiger partial charge in [-0.1, -0.05) is 31.4 Å². The van der Waals surface area contributed by atoms with Gasteiger partial charge >= 0.3 is 0 Å². The molecular weight excluding hydrogens is 270 g/mol.